The lowest BCUT2D eigenvalue weighted by atomic mass is 9.75. The first-order valence-electron chi connectivity index (χ1n) is 9.31. The lowest BCUT2D eigenvalue weighted by Gasteiger charge is -2.29. The summed E-state index contributed by atoms with van der Waals surface area (Å²) in [5.41, 5.74) is 9.24. The van der Waals surface area contributed by atoms with Crippen LogP contribution < -0.4 is 20.5 Å². The van der Waals surface area contributed by atoms with E-state index in [1.54, 1.807) is 7.11 Å². The number of rotatable bonds is 6. The van der Waals surface area contributed by atoms with E-state index in [1.165, 1.54) is 18.4 Å². The zero-order valence-corrected chi connectivity index (χ0v) is 17.3. The second-order valence-electron chi connectivity index (χ2n) is 7.54. The van der Waals surface area contributed by atoms with Crippen LogP contribution in [0, 0.1) is 12.8 Å². The summed E-state index contributed by atoms with van der Waals surface area (Å²) in [6.07, 6.45) is 4.67. The van der Waals surface area contributed by atoms with Crippen LogP contribution in [0.2, 0.25) is 0 Å². The van der Waals surface area contributed by atoms with Gasteiger partial charge in [0.2, 0.25) is 0 Å². The summed E-state index contributed by atoms with van der Waals surface area (Å²) in [7, 11) is 1.70. The molecule has 2 aromatic rings. The molecule has 142 valence electrons. The van der Waals surface area contributed by atoms with Crippen molar-refractivity contribution in [1.82, 2.24) is 5.32 Å². The molecule has 5 heteroatoms. The second kappa shape index (κ2) is 7.12. The zero-order valence-electron chi connectivity index (χ0n) is 15.7. The van der Waals surface area contributed by atoms with Gasteiger partial charge in [0, 0.05) is 11.0 Å². The Kier molecular flexibility index (Phi) is 4.81. The Bertz CT molecular complexity index is 892. The maximum absolute atomic E-state index is 6.14. The smallest absolute Gasteiger partial charge is 0.121 e. The van der Waals surface area contributed by atoms with Crippen molar-refractivity contribution < 1.29 is 9.47 Å². The fourth-order valence-corrected chi connectivity index (χ4v) is 4.18. The topological polar surface area (TPSA) is 56.5 Å². The number of nitrogens with one attached hydrogen (secondary N) is 1. The molecular weight excluding hydrogens is 404 g/mol. The number of nitrogens with two attached hydrogens (primary N) is 1. The van der Waals surface area contributed by atoms with Crippen LogP contribution in [-0.2, 0) is 5.41 Å². The van der Waals surface area contributed by atoms with Gasteiger partial charge >= 0.3 is 0 Å². The number of hydrogen-bond donors (Lipinski definition) is 2. The van der Waals surface area contributed by atoms with Crippen molar-refractivity contribution >= 4 is 15.9 Å². The molecule has 1 heterocycles. The lowest BCUT2D eigenvalue weighted by Crippen LogP contribution is -2.31. The summed E-state index contributed by atoms with van der Waals surface area (Å²) in [5, 5.41) is 3.31. The van der Waals surface area contributed by atoms with Crippen molar-refractivity contribution in [3.63, 3.8) is 0 Å². The number of aryl methyl sites for hydroxylation is 1. The zero-order chi connectivity index (χ0) is 19.0. The number of benzene rings is 2. The third-order valence-corrected chi connectivity index (χ3v) is 5.91. The number of methoxy groups -OCH3 is 1. The highest BCUT2D eigenvalue weighted by molar-refractivity contribution is 9.10. The molecule has 0 aromatic heterocycles. The van der Waals surface area contributed by atoms with Crippen LogP contribution in [0.15, 0.2) is 52.8 Å². The molecule has 0 bridgehead atoms. The minimum absolute atomic E-state index is 0.345. The van der Waals surface area contributed by atoms with Crippen LogP contribution in [0.1, 0.15) is 29.5 Å². The van der Waals surface area contributed by atoms with E-state index >= 15 is 0 Å². The first-order chi connectivity index (χ1) is 13.0. The average molecular weight is 429 g/mol. The molecule has 4 nitrogen and oxygen atoms in total. The predicted octanol–water partition coefficient (Wildman–Crippen LogP) is 4.24. The van der Waals surface area contributed by atoms with Crippen molar-refractivity contribution in [1.29, 1.82) is 0 Å². The van der Waals surface area contributed by atoms with Crippen LogP contribution in [0.25, 0.3) is 0 Å². The molecule has 0 spiro atoms. The van der Waals surface area contributed by atoms with Crippen molar-refractivity contribution in [2.45, 2.75) is 25.2 Å². The first-order valence-corrected chi connectivity index (χ1v) is 10.1. The number of ether oxygens (including phenoxy) is 2. The van der Waals surface area contributed by atoms with E-state index in [4.69, 9.17) is 15.2 Å². The van der Waals surface area contributed by atoms with E-state index in [0.29, 0.717) is 18.3 Å². The second-order valence-corrected chi connectivity index (χ2v) is 8.45. The fraction of sp³-hybridized carbons (Fsp3) is 0.364. The van der Waals surface area contributed by atoms with E-state index < -0.39 is 0 Å². The Morgan fingerprint density at radius 1 is 1.19 bits per heavy atom. The molecule has 0 amide bonds. The highest BCUT2D eigenvalue weighted by atomic mass is 79.9. The van der Waals surface area contributed by atoms with Gasteiger partial charge < -0.3 is 20.5 Å². The van der Waals surface area contributed by atoms with Gasteiger partial charge in [-0.05, 0) is 72.7 Å². The van der Waals surface area contributed by atoms with E-state index in [2.05, 4.69) is 58.5 Å². The van der Waals surface area contributed by atoms with Crippen molar-refractivity contribution in [3.8, 4) is 11.5 Å². The molecule has 1 aliphatic heterocycles. The molecule has 27 heavy (non-hydrogen) atoms. The molecule has 0 radical (unpaired) electrons. The molecule has 1 fully saturated rings. The summed E-state index contributed by atoms with van der Waals surface area (Å²) < 4.78 is 12.5. The minimum atomic E-state index is -0.345. The van der Waals surface area contributed by atoms with Gasteiger partial charge in [0.05, 0.1) is 25.0 Å². The van der Waals surface area contributed by atoms with Crippen molar-refractivity contribution in [2.75, 3.05) is 20.3 Å². The van der Waals surface area contributed by atoms with Gasteiger partial charge in [0.25, 0.3) is 0 Å². The minimum Gasteiger partial charge on any atom is -0.496 e. The summed E-state index contributed by atoms with van der Waals surface area (Å²) in [4.78, 5) is 0. The standard InChI is InChI=1S/C22H25BrN2O2/c1-14-7-16(5-6-20(14)26-2)22(11-21(24)25-13-22)17-8-18(23)10-19(9-17)27-12-15-3-4-15/h5-11,15,25H,3-4,12-13,24H2,1-2H3. The average Bonchev–Trinajstić information content (AvgIpc) is 3.40. The normalized spacial score (nSPS) is 21.5. The third-order valence-electron chi connectivity index (χ3n) is 5.45. The van der Waals surface area contributed by atoms with Gasteiger partial charge in [-0.2, -0.15) is 0 Å². The molecule has 2 aliphatic rings. The van der Waals surface area contributed by atoms with Gasteiger partial charge in [0.1, 0.15) is 11.5 Å². The van der Waals surface area contributed by atoms with Crippen LogP contribution in [0.3, 0.4) is 0 Å². The Morgan fingerprint density at radius 2 is 2.00 bits per heavy atom. The summed E-state index contributed by atoms with van der Waals surface area (Å²) in [5.74, 6) is 3.20. The Labute approximate surface area is 168 Å². The van der Waals surface area contributed by atoms with Gasteiger partial charge in [-0.3, -0.25) is 0 Å². The molecule has 3 N–H and O–H groups in total. The Balaban J connectivity index is 1.77. The molecular formula is C22H25BrN2O2. The third kappa shape index (κ3) is 3.65. The highest BCUT2D eigenvalue weighted by Crippen LogP contribution is 2.41. The maximum Gasteiger partial charge on any atom is 0.121 e. The van der Waals surface area contributed by atoms with Crippen molar-refractivity contribution in [2.24, 2.45) is 11.7 Å². The summed E-state index contributed by atoms with van der Waals surface area (Å²) in [6, 6.07) is 12.7. The first kappa shape index (κ1) is 18.2. The Morgan fingerprint density at radius 3 is 2.63 bits per heavy atom. The van der Waals surface area contributed by atoms with Gasteiger partial charge in [-0.15, -0.1) is 0 Å². The molecule has 1 unspecified atom stereocenters. The number of hydrogen-bond acceptors (Lipinski definition) is 4. The molecule has 2 aromatic carbocycles. The monoisotopic (exact) mass is 428 g/mol. The molecule has 1 saturated carbocycles. The van der Waals surface area contributed by atoms with Crippen molar-refractivity contribution in [3.05, 3.63) is 69.5 Å². The predicted molar refractivity (Wildman–Crippen MR) is 111 cm³/mol. The quantitative estimate of drug-likeness (QED) is 0.721. The Hall–Kier alpha value is -2.14. The van der Waals surface area contributed by atoms with E-state index in [9.17, 15) is 0 Å². The van der Waals surface area contributed by atoms with Gasteiger partial charge in [-0.1, -0.05) is 28.1 Å². The summed E-state index contributed by atoms with van der Waals surface area (Å²) in [6.45, 7) is 3.57. The maximum atomic E-state index is 6.14. The lowest BCUT2D eigenvalue weighted by molar-refractivity contribution is 0.299. The van der Waals surface area contributed by atoms with Crippen LogP contribution >= 0.6 is 15.9 Å². The van der Waals surface area contributed by atoms with E-state index in [0.717, 1.165) is 33.7 Å². The van der Waals surface area contributed by atoms with Gasteiger partial charge in [0.15, 0.2) is 0 Å². The van der Waals surface area contributed by atoms with Crippen LogP contribution in [-0.4, -0.2) is 20.3 Å². The molecule has 1 aliphatic carbocycles. The van der Waals surface area contributed by atoms with Crippen LogP contribution in [0.5, 0.6) is 11.5 Å². The SMILES string of the molecule is COc1ccc(C2(c3cc(Br)cc(OCC4CC4)c3)C=C(N)NC2)cc1C. The fourth-order valence-electron chi connectivity index (χ4n) is 3.70. The van der Waals surface area contributed by atoms with Crippen LogP contribution in [0.4, 0.5) is 0 Å². The number of halogens is 1. The highest BCUT2D eigenvalue weighted by Gasteiger charge is 2.37. The van der Waals surface area contributed by atoms with Gasteiger partial charge in [-0.25, -0.2) is 0 Å². The van der Waals surface area contributed by atoms with E-state index in [1.807, 2.05) is 12.1 Å². The molecule has 1 atom stereocenters. The largest absolute Gasteiger partial charge is 0.496 e. The molecule has 4 rings (SSSR count). The molecule has 0 saturated heterocycles. The van der Waals surface area contributed by atoms with E-state index in [-0.39, 0.29) is 5.41 Å². The summed E-state index contributed by atoms with van der Waals surface area (Å²) >= 11 is 3.66.